The second-order valence-corrected chi connectivity index (χ2v) is 5.40. The summed E-state index contributed by atoms with van der Waals surface area (Å²) in [6.07, 6.45) is 4.66. The number of hydrogen-bond acceptors (Lipinski definition) is 2. The van der Waals surface area contributed by atoms with E-state index >= 15 is 0 Å². The number of carbonyl (C=O) groups excluding carboxylic acids is 1. The first-order chi connectivity index (χ1) is 8.47. The van der Waals surface area contributed by atoms with Gasteiger partial charge in [-0.25, -0.2) is 4.79 Å². The average molecular weight is 245 g/mol. The minimum absolute atomic E-state index is 0.290. The molecule has 3 heteroatoms. The normalized spacial score (nSPS) is 14.9. The fraction of sp³-hybridized carbons (Fsp3) is 0.400. The molecule has 1 amide bonds. The van der Waals surface area contributed by atoms with Crippen molar-refractivity contribution in [2.24, 2.45) is 0 Å². The summed E-state index contributed by atoms with van der Waals surface area (Å²) in [7, 11) is 0. The summed E-state index contributed by atoms with van der Waals surface area (Å²) >= 11 is 0. The summed E-state index contributed by atoms with van der Waals surface area (Å²) in [5, 5.41) is 0. The van der Waals surface area contributed by atoms with E-state index in [1.165, 1.54) is 0 Å². The van der Waals surface area contributed by atoms with Crippen molar-refractivity contribution < 1.29 is 9.53 Å². The third-order valence-electron chi connectivity index (χ3n) is 2.69. The lowest BCUT2D eigenvalue weighted by Crippen LogP contribution is -2.37. The molecule has 0 bridgehead atoms. The van der Waals surface area contributed by atoms with Gasteiger partial charge in [0.1, 0.15) is 5.60 Å². The number of fused-ring (bicyclic) bond motifs is 1. The number of allylic oxidation sites excluding steroid dienone is 1. The van der Waals surface area contributed by atoms with Gasteiger partial charge in [0.15, 0.2) is 0 Å². The van der Waals surface area contributed by atoms with Crippen LogP contribution in [-0.2, 0) is 11.2 Å². The highest BCUT2D eigenvalue weighted by molar-refractivity contribution is 5.89. The third kappa shape index (κ3) is 2.92. The maximum Gasteiger partial charge on any atom is 0.415 e. The fourth-order valence-electron chi connectivity index (χ4n) is 1.93. The predicted molar refractivity (Wildman–Crippen MR) is 72.9 cm³/mol. The molecule has 0 spiro atoms. The van der Waals surface area contributed by atoms with Gasteiger partial charge in [-0.1, -0.05) is 30.4 Å². The fourth-order valence-corrected chi connectivity index (χ4v) is 1.93. The van der Waals surface area contributed by atoms with Crippen LogP contribution in [0.5, 0.6) is 0 Å². The van der Waals surface area contributed by atoms with Gasteiger partial charge >= 0.3 is 6.09 Å². The minimum Gasteiger partial charge on any atom is -0.443 e. The van der Waals surface area contributed by atoms with Crippen molar-refractivity contribution in [3.05, 3.63) is 42.0 Å². The molecule has 1 aromatic carbocycles. The quantitative estimate of drug-likeness (QED) is 0.654. The van der Waals surface area contributed by atoms with Gasteiger partial charge in [-0.3, -0.25) is 4.90 Å². The van der Waals surface area contributed by atoms with Crippen molar-refractivity contribution in [1.29, 1.82) is 0 Å². The smallest absolute Gasteiger partial charge is 0.415 e. The Balaban J connectivity index is 2.28. The van der Waals surface area contributed by atoms with Crippen molar-refractivity contribution in [3.8, 4) is 0 Å². The Morgan fingerprint density at radius 2 is 1.94 bits per heavy atom. The second-order valence-electron chi connectivity index (χ2n) is 5.40. The first kappa shape index (κ1) is 12.7. The largest absolute Gasteiger partial charge is 0.443 e. The van der Waals surface area contributed by atoms with E-state index in [2.05, 4.69) is 6.08 Å². The Labute approximate surface area is 108 Å². The summed E-state index contributed by atoms with van der Waals surface area (Å²) < 4.78 is 5.44. The maximum atomic E-state index is 12.2. The Kier molecular flexibility index (Phi) is 3.41. The molecule has 0 atom stereocenters. The van der Waals surface area contributed by atoms with Crippen LogP contribution in [0.1, 0.15) is 26.3 Å². The van der Waals surface area contributed by atoms with Crippen molar-refractivity contribution in [1.82, 2.24) is 0 Å². The molecule has 18 heavy (non-hydrogen) atoms. The molecule has 0 unspecified atom stereocenters. The van der Waals surface area contributed by atoms with Crippen LogP contribution in [0, 0.1) is 0 Å². The van der Waals surface area contributed by atoms with E-state index < -0.39 is 5.60 Å². The standard InChI is InChI=1S/C15H19NO2/c1-15(2,3)18-14(17)16-11-7-6-9-12-8-4-5-10-13(12)16/h4-8,10H,9,11H2,1-3H3. The molecule has 1 aliphatic heterocycles. The third-order valence-corrected chi connectivity index (χ3v) is 2.69. The number of hydrogen-bond donors (Lipinski definition) is 0. The predicted octanol–water partition coefficient (Wildman–Crippen LogP) is 3.54. The minimum atomic E-state index is -0.470. The Bertz CT molecular complexity index is 472. The molecular formula is C15H19NO2. The van der Waals surface area contributed by atoms with Gasteiger partial charge in [-0.05, 0) is 38.8 Å². The number of carbonyl (C=O) groups is 1. The maximum absolute atomic E-state index is 12.2. The van der Waals surface area contributed by atoms with Gasteiger partial charge in [0.25, 0.3) is 0 Å². The number of rotatable bonds is 0. The molecule has 1 heterocycles. The van der Waals surface area contributed by atoms with Crippen molar-refractivity contribution >= 4 is 11.8 Å². The molecule has 0 radical (unpaired) electrons. The SMILES string of the molecule is CC(C)(C)OC(=O)N1CC=CCc2ccccc21. The number of ether oxygens (including phenoxy) is 1. The second kappa shape index (κ2) is 4.84. The average Bonchev–Trinajstić information content (AvgIpc) is 2.48. The molecular weight excluding hydrogens is 226 g/mol. The van der Waals surface area contributed by atoms with E-state index in [0.717, 1.165) is 17.7 Å². The zero-order chi connectivity index (χ0) is 13.2. The van der Waals surface area contributed by atoms with E-state index in [1.54, 1.807) is 4.90 Å². The summed E-state index contributed by atoms with van der Waals surface area (Å²) in [5.41, 5.74) is 1.62. The zero-order valence-corrected chi connectivity index (χ0v) is 11.1. The molecule has 96 valence electrons. The molecule has 0 N–H and O–H groups in total. The Hall–Kier alpha value is -1.77. The van der Waals surface area contributed by atoms with Crippen molar-refractivity contribution in [2.45, 2.75) is 32.8 Å². The zero-order valence-electron chi connectivity index (χ0n) is 11.1. The van der Waals surface area contributed by atoms with Gasteiger partial charge < -0.3 is 4.74 Å². The van der Waals surface area contributed by atoms with Gasteiger partial charge in [0.2, 0.25) is 0 Å². The van der Waals surface area contributed by atoms with Crippen LogP contribution in [0.4, 0.5) is 10.5 Å². The van der Waals surface area contributed by atoms with Crippen LogP contribution >= 0.6 is 0 Å². The lowest BCUT2D eigenvalue weighted by atomic mass is 10.1. The van der Waals surface area contributed by atoms with Gasteiger partial charge in [-0.2, -0.15) is 0 Å². The number of nitrogens with zero attached hydrogens (tertiary/aromatic N) is 1. The Morgan fingerprint density at radius 3 is 2.67 bits per heavy atom. The number of para-hydroxylation sites is 1. The topological polar surface area (TPSA) is 29.5 Å². The van der Waals surface area contributed by atoms with E-state index in [0.29, 0.717) is 6.54 Å². The highest BCUT2D eigenvalue weighted by Gasteiger charge is 2.24. The first-order valence-corrected chi connectivity index (χ1v) is 6.21. The van der Waals surface area contributed by atoms with Crippen LogP contribution in [0.2, 0.25) is 0 Å². The monoisotopic (exact) mass is 245 g/mol. The van der Waals surface area contributed by atoms with E-state index in [-0.39, 0.29) is 6.09 Å². The van der Waals surface area contributed by atoms with Gasteiger partial charge in [0.05, 0.1) is 5.69 Å². The molecule has 0 aromatic heterocycles. The van der Waals surface area contributed by atoms with Crippen LogP contribution in [-0.4, -0.2) is 18.2 Å². The summed E-state index contributed by atoms with van der Waals surface area (Å²) in [5.74, 6) is 0. The van der Waals surface area contributed by atoms with Crippen LogP contribution in [0.15, 0.2) is 36.4 Å². The Morgan fingerprint density at radius 1 is 1.22 bits per heavy atom. The highest BCUT2D eigenvalue weighted by atomic mass is 16.6. The summed E-state index contributed by atoms with van der Waals surface area (Å²) in [6.45, 7) is 6.20. The summed E-state index contributed by atoms with van der Waals surface area (Å²) in [4.78, 5) is 13.9. The molecule has 0 saturated heterocycles. The lowest BCUT2D eigenvalue weighted by molar-refractivity contribution is 0.0584. The van der Waals surface area contributed by atoms with Crippen LogP contribution < -0.4 is 4.90 Å². The highest BCUT2D eigenvalue weighted by Crippen LogP contribution is 2.25. The van der Waals surface area contributed by atoms with Crippen LogP contribution in [0.25, 0.3) is 0 Å². The van der Waals surface area contributed by atoms with Crippen LogP contribution in [0.3, 0.4) is 0 Å². The molecule has 2 rings (SSSR count). The van der Waals surface area contributed by atoms with Crippen molar-refractivity contribution in [2.75, 3.05) is 11.4 Å². The molecule has 1 aliphatic rings. The van der Waals surface area contributed by atoms with Gasteiger partial charge in [0, 0.05) is 6.54 Å². The van der Waals surface area contributed by atoms with E-state index in [9.17, 15) is 4.79 Å². The molecule has 3 nitrogen and oxygen atoms in total. The van der Waals surface area contributed by atoms with E-state index in [1.807, 2.05) is 51.1 Å². The number of amides is 1. The van der Waals surface area contributed by atoms with E-state index in [4.69, 9.17) is 4.74 Å². The molecule has 0 saturated carbocycles. The first-order valence-electron chi connectivity index (χ1n) is 6.21. The van der Waals surface area contributed by atoms with Crippen molar-refractivity contribution in [3.63, 3.8) is 0 Å². The summed E-state index contributed by atoms with van der Waals surface area (Å²) in [6, 6.07) is 7.95. The lowest BCUT2D eigenvalue weighted by Gasteiger charge is -2.27. The van der Waals surface area contributed by atoms with Gasteiger partial charge in [-0.15, -0.1) is 0 Å². The molecule has 1 aromatic rings. The molecule has 0 aliphatic carbocycles. The number of benzene rings is 1. The number of anilines is 1. The molecule has 0 fully saturated rings.